The lowest BCUT2D eigenvalue weighted by molar-refractivity contribution is -0.122. The first-order valence-electron chi connectivity index (χ1n) is 7.76. The highest BCUT2D eigenvalue weighted by atomic mass is 16.4. The predicted octanol–water partition coefficient (Wildman–Crippen LogP) is 1.03. The fraction of sp³-hybridized carbons (Fsp3) is 0.375. The van der Waals surface area contributed by atoms with Crippen LogP contribution in [0.15, 0.2) is 45.9 Å². The molecule has 0 aliphatic heterocycles. The molecule has 8 heteroatoms. The highest BCUT2D eigenvalue weighted by Crippen LogP contribution is 2.11. The van der Waals surface area contributed by atoms with E-state index in [4.69, 9.17) is 4.42 Å². The number of aromatic nitrogens is 4. The zero-order chi connectivity index (χ0) is 17.1. The van der Waals surface area contributed by atoms with Crippen LogP contribution < -0.4 is 11.1 Å². The molecule has 0 saturated carbocycles. The molecule has 0 saturated heterocycles. The van der Waals surface area contributed by atoms with Crippen LogP contribution in [0, 0.1) is 5.92 Å². The molecule has 1 amide bonds. The van der Waals surface area contributed by atoms with E-state index >= 15 is 0 Å². The molecule has 1 aromatic carbocycles. The Bertz CT molecular complexity index is 879. The highest BCUT2D eigenvalue weighted by molar-refractivity contribution is 5.79. The Labute approximate surface area is 138 Å². The number of fused-ring (bicyclic) bond motifs is 1. The van der Waals surface area contributed by atoms with Crippen molar-refractivity contribution in [1.82, 2.24) is 24.9 Å². The number of para-hydroxylation sites is 2. The SMILES string of the molecule is CC(C)C(Cn1nccn1)NC(=O)Cn1c(=O)oc2ccccc21. The van der Waals surface area contributed by atoms with E-state index in [-0.39, 0.29) is 24.4 Å². The Hall–Kier alpha value is -2.90. The van der Waals surface area contributed by atoms with Crippen LogP contribution in [-0.4, -0.2) is 31.5 Å². The molecule has 24 heavy (non-hydrogen) atoms. The van der Waals surface area contributed by atoms with Crippen molar-refractivity contribution in [2.24, 2.45) is 5.92 Å². The molecule has 0 aliphatic carbocycles. The first kappa shape index (κ1) is 16.0. The monoisotopic (exact) mass is 329 g/mol. The molecule has 2 heterocycles. The van der Waals surface area contributed by atoms with E-state index in [1.165, 1.54) is 9.36 Å². The Morgan fingerprint density at radius 1 is 1.25 bits per heavy atom. The zero-order valence-electron chi connectivity index (χ0n) is 13.5. The minimum Gasteiger partial charge on any atom is -0.408 e. The number of hydrogen-bond donors (Lipinski definition) is 1. The van der Waals surface area contributed by atoms with E-state index in [1.54, 1.807) is 36.7 Å². The minimum atomic E-state index is -0.541. The van der Waals surface area contributed by atoms with Gasteiger partial charge in [-0.2, -0.15) is 15.0 Å². The molecular formula is C16H19N5O3. The van der Waals surface area contributed by atoms with Gasteiger partial charge in [0.05, 0.1) is 30.5 Å². The summed E-state index contributed by atoms with van der Waals surface area (Å²) in [6.45, 7) is 4.39. The molecule has 3 aromatic rings. The summed E-state index contributed by atoms with van der Waals surface area (Å²) in [4.78, 5) is 25.9. The standard InChI is InChI=1S/C16H19N5O3/c1-11(2)12(9-21-17-7-8-18-21)19-15(22)10-20-13-5-3-4-6-14(13)24-16(20)23/h3-8,11-12H,9-10H2,1-2H3,(H,19,22). The third-order valence-electron chi connectivity index (χ3n) is 3.85. The van der Waals surface area contributed by atoms with Crippen molar-refractivity contribution in [3.63, 3.8) is 0 Å². The minimum absolute atomic E-state index is 0.0917. The van der Waals surface area contributed by atoms with Gasteiger partial charge >= 0.3 is 5.76 Å². The number of rotatable bonds is 6. The molecule has 0 radical (unpaired) electrons. The molecule has 1 N–H and O–H groups in total. The topological polar surface area (TPSA) is 95.0 Å². The van der Waals surface area contributed by atoms with Gasteiger partial charge in [0.15, 0.2) is 5.58 Å². The quantitative estimate of drug-likeness (QED) is 0.729. The summed E-state index contributed by atoms with van der Waals surface area (Å²) >= 11 is 0. The number of nitrogens with zero attached hydrogens (tertiary/aromatic N) is 4. The van der Waals surface area contributed by atoms with Crippen molar-refractivity contribution in [3.8, 4) is 0 Å². The highest BCUT2D eigenvalue weighted by Gasteiger charge is 2.19. The van der Waals surface area contributed by atoms with Crippen molar-refractivity contribution in [2.75, 3.05) is 0 Å². The molecule has 0 aliphatic rings. The maximum atomic E-state index is 12.4. The van der Waals surface area contributed by atoms with Crippen LogP contribution in [0.5, 0.6) is 0 Å². The summed E-state index contributed by atoms with van der Waals surface area (Å²) in [5.74, 6) is -0.603. The lowest BCUT2D eigenvalue weighted by Gasteiger charge is -2.21. The fourth-order valence-electron chi connectivity index (χ4n) is 2.50. The second-order valence-corrected chi connectivity index (χ2v) is 5.92. The maximum absolute atomic E-state index is 12.4. The van der Waals surface area contributed by atoms with Crippen molar-refractivity contribution in [3.05, 3.63) is 47.2 Å². The van der Waals surface area contributed by atoms with E-state index in [9.17, 15) is 9.59 Å². The van der Waals surface area contributed by atoms with Crippen LogP contribution >= 0.6 is 0 Å². The van der Waals surface area contributed by atoms with Gasteiger partial charge in [-0.05, 0) is 18.1 Å². The second-order valence-electron chi connectivity index (χ2n) is 5.92. The molecule has 126 valence electrons. The van der Waals surface area contributed by atoms with E-state index < -0.39 is 5.76 Å². The average molecular weight is 329 g/mol. The average Bonchev–Trinajstić information content (AvgIpc) is 3.15. The van der Waals surface area contributed by atoms with E-state index in [0.717, 1.165) is 0 Å². The summed E-state index contributed by atoms with van der Waals surface area (Å²) in [5.41, 5.74) is 1.07. The van der Waals surface area contributed by atoms with Crippen molar-refractivity contribution in [2.45, 2.75) is 33.0 Å². The van der Waals surface area contributed by atoms with Gasteiger partial charge in [0.25, 0.3) is 0 Å². The first-order chi connectivity index (χ1) is 11.5. The summed E-state index contributed by atoms with van der Waals surface area (Å²) in [6.07, 6.45) is 3.19. The van der Waals surface area contributed by atoms with Crippen LogP contribution in [0.4, 0.5) is 0 Å². The normalized spacial score (nSPS) is 12.6. The third-order valence-corrected chi connectivity index (χ3v) is 3.85. The van der Waals surface area contributed by atoms with Crippen LogP contribution in [0.2, 0.25) is 0 Å². The van der Waals surface area contributed by atoms with Gasteiger partial charge in [-0.1, -0.05) is 26.0 Å². The smallest absolute Gasteiger partial charge is 0.408 e. The number of carbonyl (C=O) groups excluding carboxylic acids is 1. The molecule has 0 bridgehead atoms. The van der Waals surface area contributed by atoms with Gasteiger partial charge in [-0.25, -0.2) is 4.79 Å². The number of nitrogens with one attached hydrogen (secondary N) is 1. The van der Waals surface area contributed by atoms with Crippen molar-refractivity contribution < 1.29 is 9.21 Å². The number of amides is 1. The summed E-state index contributed by atoms with van der Waals surface area (Å²) in [7, 11) is 0. The van der Waals surface area contributed by atoms with Crippen LogP contribution in [0.1, 0.15) is 13.8 Å². The molecule has 2 aromatic heterocycles. The fourth-order valence-corrected chi connectivity index (χ4v) is 2.50. The van der Waals surface area contributed by atoms with E-state index in [1.807, 2.05) is 13.8 Å². The van der Waals surface area contributed by atoms with Gasteiger partial charge in [0.2, 0.25) is 5.91 Å². The molecule has 8 nitrogen and oxygen atoms in total. The summed E-state index contributed by atoms with van der Waals surface area (Å²) in [6, 6.07) is 6.89. The van der Waals surface area contributed by atoms with Crippen LogP contribution in [0.3, 0.4) is 0 Å². The Kier molecular flexibility index (Phi) is 4.45. The van der Waals surface area contributed by atoms with Gasteiger partial charge in [-0.3, -0.25) is 9.36 Å². The van der Waals surface area contributed by atoms with Gasteiger partial charge in [0, 0.05) is 0 Å². The maximum Gasteiger partial charge on any atom is 0.420 e. The number of oxazole rings is 1. The molecule has 0 spiro atoms. The number of carbonyl (C=O) groups is 1. The van der Waals surface area contributed by atoms with Crippen molar-refractivity contribution in [1.29, 1.82) is 0 Å². The van der Waals surface area contributed by atoms with Crippen LogP contribution in [0.25, 0.3) is 11.1 Å². The molecule has 1 unspecified atom stereocenters. The Morgan fingerprint density at radius 3 is 2.67 bits per heavy atom. The van der Waals surface area contributed by atoms with Gasteiger partial charge in [0.1, 0.15) is 6.54 Å². The number of benzene rings is 1. The summed E-state index contributed by atoms with van der Waals surface area (Å²) in [5, 5.41) is 11.1. The first-order valence-corrected chi connectivity index (χ1v) is 7.76. The van der Waals surface area contributed by atoms with Gasteiger partial charge < -0.3 is 9.73 Å². The van der Waals surface area contributed by atoms with Crippen molar-refractivity contribution >= 4 is 17.0 Å². The van der Waals surface area contributed by atoms with E-state index in [0.29, 0.717) is 17.6 Å². The Morgan fingerprint density at radius 2 is 1.96 bits per heavy atom. The third kappa shape index (κ3) is 3.37. The Balaban J connectivity index is 1.73. The molecule has 3 rings (SSSR count). The number of hydrogen-bond acceptors (Lipinski definition) is 5. The van der Waals surface area contributed by atoms with Crippen LogP contribution in [-0.2, 0) is 17.9 Å². The van der Waals surface area contributed by atoms with E-state index in [2.05, 4.69) is 15.5 Å². The predicted molar refractivity (Wildman–Crippen MR) is 87.3 cm³/mol. The zero-order valence-corrected chi connectivity index (χ0v) is 13.5. The largest absolute Gasteiger partial charge is 0.420 e. The molecule has 1 atom stereocenters. The van der Waals surface area contributed by atoms with Gasteiger partial charge in [-0.15, -0.1) is 0 Å². The lowest BCUT2D eigenvalue weighted by atomic mass is 10.0. The molecule has 0 fully saturated rings. The summed E-state index contributed by atoms with van der Waals surface area (Å²) < 4.78 is 6.47. The second kappa shape index (κ2) is 6.69. The lowest BCUT2D eigenvalue weighted by Crippen LogP contribution is -2.44. The molecular weight excluding hydrogens is 310 g/mol.